The summed E-state index contributed by atoms with van der Waals surface area (Å²) in [5.41, 5.74) is 1.57. The number of nitrogens with one attached hydrogen (secondary N) is 1. The largest absolute Gasteiger partial charge is 0.497 e. The number of hydrogen-bond acceptors (Lipinski definition) is 6. The van der Waals surface area contributed by atoms with Gasteiger partial charge in [0.1, 0.15) is 11.6 Å². The van der Waals surface area contributed by atoms with Crippen LogP contribution in [0.25, 0.3) is 11.2 Å². The maximum Gasteiger partial charge on any atom is 0.281 e. The standard InChI is InChI=1S/C21H26N6O3/c1-14-22-20-19(21(29)23-14)24-25-27(20)13-16-6-4-10-26(12-16)18(28)9-8-15-5-3-7-17(11-15)30-2/h3,5,7,11,16H,4,6,8-10,12-13H2,1-2H3,(H,22,23,29)/t16-/m1/s1. The molecule has 9 nitrogen and oxygen atoms in total. The van der Waals surface area contributed by atoms with Crippen LogP contribution in [0.3, 0.4) is 0 Å². The van der Waals surface area contributed by atoms with Gasteiger partial charge in [0.05, 0.1) is 7.11 Å². The van der Waals surface area contributed by atoms with Crippen molar-refractivity contribution < 1.29 is 9.53 Å². The van der Waals surface area contributed by atoms with Gasteiger partial charge in [-0.05, 0) is 49.8 Å². The Balaban J connectivity index is 1.38. The molecule has 0 spiro atoms. The number of likely N-dealkylation sites (tertiary alicyclic amines) is 1. The van der Waals surface area contributed by atoms with Crippen LogP contribution in [0.4, 0.5) is 0 Å². The molecule has 1 atom stereocenters. The van der Waals surface area contributed by atoms with Crippen LogP contribution in [0.15, 0.2) is 29.1 Å². The third-order valence-corrected chi connectivity index (χ3v) is 5.56. The molecule has 2 aromatic heterocycles. The molecule has 0 unspecified atom stereocenters. The molecule has 0 saturated carbocycles. The first-order chi connectivity index (χ1) is 14.5. The summed E-state index contributed by atoms with van der Waals surface area (Å²) in [4.78, 5) is 33.8. The van der Waals surface area contributed by atoms with E-state index in [0.717, 1.165) is 30.7 Å². The molecule has 1 saturated heterocycles. The molecular weight excluding hydrogens is 384 g/mol. The number of carbonyl (C=O) groups excluding carboxylic acids is 1. The maximum atomic E-state index is 12.8. The summed E-state index contributed by atoms with van der Waals surface area (Å²) in [5, 5.41) is 8.09. The highest BCUT2D eigenvalue weighted by Crippen LogP contribution is 2.21. The first-order valence-electron chi connectivity index (χ1n) is 10.2. The van der Waals surface area contributed by atoms with Gasteiger partial charge in [-0.1, -0.05) is 17.3 Å². The number of methoxy groups -OCH3 is 1. The zero-order chi connectivity index (χ0) is 21.1. The molecule has 4 rings (SSSR count). The van der Waals surface area contributed by atoms with Crippen molar-refractivity contribution in [1.82, 2.24) is 29.9 Å². The van der Waals surface area contributed by atoms with E-state index in [1.165, 1.54) is 0 Å². The minimum absolute atomic E-state index is 0.163. The number of H-pyrrole nitrogens is 1. The fourth-order valence-corrected chi connectivity index (χ4v) is 4.02. The number of nitrogens with zero attached hydrogens (tertiary/aromatic N) is 5. The van der Waals surface area contributed by atoms with Crippen LogP contribution in [-0.4, -0.2) is 56.0 Å². The normalized spacial score (nSPS) is 16.7. The Bertz CT molecular complexity index is 1110. The van der Waals surface area contributed by atoms with E-state index in [0.29, 0.717) is 37.4 Å². The molecule has 1 aliphatic rings. The summed E-state index contributed by atoms with van der Waals surface area (Å²) in [6.07, 6.45) is 3.12. The molecule has 9 heteroatoms. The van der Waals surface area contributed by atoms with Gasteiger partial charge in [0.15, 0.2) is 11.2 Å². The summed E-state index contributed by atoms with van der Waals surface area (Å²) < 4.78 is 6.94. The van der Waals surface area contributed by atoms with Crippen LogP contribution in [0.2, 0.25) is 0 Å². The molecule has 3 aromatic rings. The lowest BCUT2D eigenvalue weighted by atomic mass is 9.97. The molecule has 3 heterocycles. The van der Waals surface area contributed by atoms with Crippen LogP contribution >= 0.6 is 0 Å². The summed E-state index contributed by atoms with van der Waals surface area (Å²) in [6.45, 7) is 3.79. The Morgan fingerprint density at radius 2 is 2.23 bits per heavy atom. The fraction of sp³-hybridized carbons (Fsp3) is 0.476. The Morgan fingerprint density at radius 1 is 1.37 bits per heavy atom. The SMILES string of the molecule is COc1cccc(CCC(=O)N2CCC[C@@H](Cn3nnc4c(=O)[nH]c(C)nc43)C2)c1. The lowest BCUT2D eigenvalue weighted by molar-refractivity contribution is -0.133. The number of rotatable bonds is 6. The zero-order valence-corrected chi connectivity index (χ0v) is 17.3. The Labute approximate surface area is 174 Å². The quantitative estimate of drug-likeness (QED) is 0.663. The molecular formula is C21H26N6O3. The molecule has 1 aliphatic heterocycles. The van der Waals surface area contributed by atoms with Gasteiger partial charge in [0.2, 0.25) is 5.91 Å². The summed E-state index contributed by atoms with van der Waals surface area (Å²) in [5.74, 6) is 1.76. The third kappa shape index (κ3) is 4.34. The number of ether oxygens (including phenoxy) is 1. The van der Waals surface area contributed by atoms with E-state index in [4.69, 9.17) is 4.74 Å². The van der Waals surface area contributed by atoms with Crippen LogP contribution < -0.4 is 10.3 Å². The van der Waals surface area contributed by atoms with Gasteiger partial charge in [-0.2, -0.15) is 0 Å². The van der Waals surface area contributed by atoms with Crippen molar-refractivity contribution >= 4 is 17.1 Å². The number of hydrogen-bond donors (Lipinski definition) is 1. The topological polar surface area (TPSA) is 106 Å². The number of aryl methyl sites for hydroxylation is 2. The van der Waals surface area contributed by atoms with E-state index < -0.39 is 0 Å². The summed E-state index contributed by atoms with van der Waals surface area (Å²) in [6, 6.07) is 7.83. The average molecular weight is 410 g/mol. The minimum Gasteiger partial charge on any atom is -0.497 e. The Morgan fingerprint density at radius 3 is 3.07 bits per heavy atom. The van der Waals surface area contributed by atoms with Crippen molar-refractivity contribution in [2.24, 2.45) is 5.92 Å². The average Bonchev–Trinajstić information content (AvgIpc) is 3.15. The van der Waals surface area contributed by atoms with Gasteiger partial charge in [0, 0.05) is 26.1 Å². The van der Waals surface area contributed by atoms with Crippen LogP contribution in [0, 0.1) is 12.8 Å². The molecule has 30 heavy (non-hydrogen) atoms. The molecule has 158 valence electrons. The lowest BCUT2D eigenvalue weighted by Crippen LogP contribution is -2.41. The first kappa shape index (κ1) is 20.1. The van der Waals surface area contributed by atoms with Crippen molar-refractivity contribution in [3.8, 4) is 5.75 Å². The second-order valence-corrected chi connectivity index (χ2v) is 7.79. The molecule has 1 fully saturated rings. The number of amides is 1. The van der Waals surface area contributed by atoms with Gasteiger partial charge >= 0.3 is 0 Å². The second kappa shape index (κ2) is 8.64. The van der Waals surface area contributed by atoms with E-state index in [2.05, 4.69) is 20.3 Å². The molecule has 1 aromatic carbocycles. The van der Waals surface area contributed by atoms with E-state index >= 15 is 0 Å². The van der Waals surface area contributed by atoms with E-state index in [1.54, 1.807) is 18.7 Å². The monoisotopic (exact) mass is 410 g/mol. The predicted octanol–water partition coefficient (Wildman–Crippen LogP) is 1.70. The lowest BCUT2D eigenvalue weighted by Gasteiger charge is -2.32. The Hall–Kier alpha value is -3.23. The van der Waals surface area contributed by atoms with Crippen molar-refractivity contribution in [1.29, 1.82) is 0 Å². The fourth-order valence-electron chi connectivity index (χ4n) is 4.02. The predicted molar refractivity (Wildman–Crippen MR) is 111 cm³/mol. The third-order valence-electron chi connectivity index (χ3n) is 5.56. The maximum absolute atomic E-state index is 12.8. The van der Waals surface area contributed by atoms with Crippen molar-refractivity contribution in [3.05, 3.63) is 46.0 Å². The van der Waals surface area contributed by atoms with Crippen molar-refractivity contribution in [2.45, 2.75) is 39.2 Å². The van der Waals surface area contributed by atoms with E-state index in [9.17, 15) is 9.59 Å². The van der Waals surface area contributed by atoms with Gasteiger partial charge in [-0.3, -0.25) is 9.59 Å². The van der Waals surface area contributed by atoms with Gasteiger partial charge in [-0.15, -0.1) is 5.10 Å². The first-order valence-corrected chi connectivity index (χ1v) is 10.2. The number of benzene rings is 1. The van der Waals surface area contributed by atoms with Crippen LogP contribution in [0.1, 0.15) is 30.7 Å². The zero-order valence-electron chi connectivity index (χ0n) is 17.3. The number of fused-ring (bicyclic) bond motifs is 1. The summed E-state index contributed by atoms with van der Waals surface area (Å²) in [7, 11) is 1.64. The molecule has 0 aliphatic carbocycles. The second-order valence-electron chi connectivity index (χ2n) is 7.79. The minimum atomic E-state index is -0.276. The van der Waals surface area contributed by atoms with Crippen LogP contribution in [-0.2, 0) is 17.8 Å². The van der Waals surface area contributed by atoms with Gasteiger partial charge in [0.25, 0.3) is 5.56 Å². The molecule has 0 radical (unpaired) electrons. The molecule has 1 amide bonds. The van der Waals surface area contributed by atoms with Crippen molar-refractivity contribution in [3.63, 3.8) is 0 Å². The number of aromatic nitrogens is 5. The number of piperidine rings is 1. The number of aromatic amines is 1. The molecule has 0 bridgehead atoms. The van der Waals surface area contributed by atoms with Gasteiger partial charge < -0.3 is 14.6 Å². The summed E-state index contributed by atoms with van der Waals surface area (Å²) >= 11 is 0. The highest BCUT2D eigenvalue weighted by atomic mass is 16.5. The molecule has 1 N–H and O–H groups in total. The number of carbonyl (C=O) groups is 1. The van der Waals surface area contributed by atoms with Gasteiger partial charge in [-0.25, -0.2) is 9.67 Å². The Kier molecular flexibility index (Phi) is 5.78. The van der Waals surface area contributed by atoms with Crippen molar-refractivity contribution in [2.75, 3.05) is 20.2 Å². The highest BCUT2D eigenvalue weighted by molar-refractivity contribution is 5.76. The van der Waals surface area contributed by atoms with E-state index in [-0.39, 0.29) is 22.9 Å². The smallest absolute Gasteiger partial charge is 0.281 e. The highest BCUT2D eigenvalue weighted by Gasteiger charge is 2.25. The van der Waals surface area contributed by atoms with E-state index in [1.807, 2.05) is 29.2 Å². The van der Waals surface area contributed by atoms with Crippen LogP contribution in [0.5, 0.6) is 5.75 Å².